The Kier molecular flexibility index (Phi) is 6.27. The van der Waals surface area contributed by atoms with E-state index in [1.54, 1.807) is 17.1 Å². The minimum atomic E-state index is -0.136. The van der Waals surface area contributed by atoms with E-state index in [2.05, 4.69) is 27.4 Å². The minimum Gasteiger partial charge on any atom is -0.350 e. The second kappa shape index (κ2) is 8.84. The summed E-state index contributed by atoms with van der Waals surface area (Å²) in [5.41, 5.74) is 2.66. The van der Waals surface area contributed by atoms with Crippen LogP contribution >= 0.6 is 11.6 Å². The summed E-state index contributed by atoms with van der Waals surface area (Å²) in [6, 6.07) is 17.9. The fourth-order valence-electron chi connectivity index (χ4n) is 2.93. The molecular weight excluding hydrogens is 360 g/mol. The summed E-state index contributed by atoms with van der Waals surface area (Å²) < 4.78 is 1.72. The van der Waals surface area contributed by atoms with Crippen LogP contribution in [0.25, 0.3) is 0 Å². The maximum atomic E-state index is 12.5. The Morgan fingerprint density at radius 1 is 1.15 bits per heavy atom. The zero-order chi connectivity index (χ0) is 19.2. The average molecular weight is 383 g/mol. The zero-order valence-corrected chi connectivity index (χ0v) is 16.2. The molecule has 140 valence electrons. The van der Waals surface area contributed by atoms with Crippen molar-refractivity contribution < 1.29 is 4.79 Å². The van der Waals surface area contributed by atoms with E-state index < -0.39 is 0 Å². The molecule has 0 aliphatic heterocycles. The van der Waals surface area contributed by atoms with Gasteiger partial charge in [-0.05, 0) is 31.3 Å². The van der Waals surface area contributed by atoms with Crippen LogP contribution in [-0.4, -0.2) is 41.2 Å². The minimum absolute atomic E-state index is 0.105. The van der Waals surface area contributed by atoms with Crippen molar-refractivity contribution in [3.63, 3.8) is 0 Å². The molecular formula is C21H23ClN4O. The molecule has 0 unspecified atom stereocenters. The Hall–Kier alpha value is -2.63. The van der Waals surface area contributed by atoms with Crippen molar-refractivity contribution in [3.05, 3.63) is 88.7 Å². The van der Waals surface area contributed by atoms with E-state index in [4.69, 9.17) is 11.6 Å². The number of rotatable bonds is 7. The Morgan fingerprint density at radius 3 is 2.56 bits per heavy atom. The molecule has 27 heavy (non-hydrogen) atoms. The number of nitrogens with zero attached hydrogens (tertiary/aromatic N) is 3. The van der Waals surface area contributed by atoms with Crippen molar-refractivity contribution in [2.75, 3.05) is 20.6 Å². The van der Waals surface area contributed by atoms with Gasteiger partial charge in [0.1, 0.15) is 0 Å². The molecule has 1 atom stereocenters. The maximum Gasteiger partial charge on any atom is 0.254 e. The van der Waals surface area contributed by atoms with Gasteiger partial charge < -0.3 is 10.2 Å². The van der Waals surface area contributed by atoms with Gasteiger partial charge in [-0.25, -0.2) is 0 Å². The van der Waals surface area contributed by atoms with Gasteiger partial charge in [-0.1, -0.05) is 60.1 Å². The molecule has 1 amide bonds. The fraction of sp³-hybridized carbons (Fsp3) is 0.238. The van der Waals surface area contributed by atoms with Crippen molar-refractivity contribution in [2.24, 2.45) is 0 Å². The summed E-state index contributed by atoms with van der Waals surface area (Å²) in [7, 11) is 4.01. The highest BCUT2D eigenvalue weighted by Gasteiger charge is 2.16. The molecule has 3 rings (SSSR count). The first kappa shape index (κ1) is 19.1. The average Bonchev–Trinajstić information content (AvgIpc) is 3.13. The second-order valence-corrected chi connectivity index (χ2v) is 7.03. The molecule has 1 N–H and O–H groups in total. The number of benzene rings is 2. The Morgan fingerprint density at radius 2 is 1.85 bits per heavy atom. The number of aromatic nitrogens is 2. The lowest BCUT2D eigenvalue weighted by molar-refractivity contribution is 0.0942. The van der Waals surface area contributed by atoms with Crippen LogP contribution in [0.15, 0.2) is 67.0 Å². The fourth-order valence-corrected chi connectivity index (χ4v) is 3.13. The highest BCUT2D eigenvalue weighted by Crippen LogP contribution is 2.18. The molecule has 3 aromatic rings. The van der Waals surface area contributed by atoms with Crippen LogP contribution in [0.3, 0.4) is 0 Å². The van der Waals surface area contributed by atoms with Crippen LogP contribution in [0.5, 0.6) is 0 Å². The molecule has 0 saturated heterocycles. The Labute approximate surface area is 164 Å². The van der Waals surface area contributed by atoms with Crippen LogP contribution in [0.1, 0.15) is 27.5 Å². The van der Waals surface area contributed by atoms with Crippen molar-refractivity contribution in [1.82, 2.24) is 20.0 Å². The third kappa shape index (κ3) is 4.96. The van der Waals surface area contributed by atoms with Crippen molar-refractivity contribution in [1.29, 1.82) is 0 Å². The van der Waals surface area contributed by atoms with E-state index in [1.807, 2.05) is 56.6 Å². The van der Waals surface area contributed by atoms with Gasteiger partial charge in [0.05, 0.1) is 24.3 Å². The maximum absolute atomic E-state index is 12.5. The van der Waals surface area contributed by atoms with E-state index in [-0.39, 0.29) is 11.9 Å². The number of nitrogens with one attached hydrogen (secondary N) is 1. The number of carbonyl (C=O) groups excluding carboxylic acids is 1. The molecule has 0 radical (unpaired) electrons. The lowest BCUT2D eigenvalue weighted by Crippen LogP contribution is -2.34. The van der Waals surface area contributed by atoms with Crippen LogP contribution in [-0.2, 0) is 6.54 Å². The number of likely N-dealkylation sites (N-methyl/N-ethyl adjacent to an activating group) is 1. The standard InChI is InChI=1S/C21H23ClN4O/c1-25(2)20(16-8-4-3-5-9-16)13-23-21(27)18-12-24-26(15-18)14-17-10-6-7-11-19(17)22/h3-12,15,20H,13-14H2,1-2H3,(H,23,27)/t20-/m0/s1. The van der Waals surface area contributed by atoms with E-state index in [0.717, 1.165) is 11.1 Å². The van der Waals surface area contributed by atoms with E-state index in [9.17, 15) is 4.79 Å². The summed E-state index contributed by atoms with van der Waals surface area (Å²) >= 11 is 6.19. The van der Waals surface area contributed by atoms with Gasteiger partial charge in [-0.15, -0.1) is 0 Å². The number of halogens is 1. The van der Waals surface area contributed by atoms with Crippen molar-refractivity contribution in [3.8, 4) is 0 Å². The largest absolute Gasteiger partial charge is 0.350 e. The second-order valence-electron chi connectivity index (χ2n) is 6.62. The summed E-state index contributed by atoms with van der Waals surface area (Å²) in [5, 5.41) is 7.98. The van der Waals surface area contributed by atoms with Crippen molar-refractivity contribution in [2.45, 2.75) is 12.6 Å². The zero-order valence-electron chi connectivity index (χ0n) is 15.5. The third-order valence-electron chi connectivity index (χ3n) is 4.45. The molecule has 0 bridgehead atoms. The number of amides is 1. The Balaban J connectivity index is 1.63. The predicted octanol–water partition coefficient (Wildman–Crippen LogP) is 3.62. The van der Waals surface area contributed by atoms with Gasteiger partial charge in [0.25, 0.3) is 5.91 Å². The van der Waals surface area contributed by atoms with Gasteiger partial charge in [0.15, 0.2) is 0 Å². The van der Waals surface area contributed by atoms with E-state index in [0.29, 0.717) is 23.7 Å². The van der Waals surface area contributed by atoms with Gasteiger partial charge in [-0.3, -0.25) is 9.48 Å². The molecule has 0 saturated carbocycles. The molecule has 2 aromatic carbocycles. The lowest BCUT2D eigenvalue weighted by Gasteiger charge is -2.25. The molecule has 5 nitrogen and oxygen atoms in total. The van der Waals surface area contributed by atoms with Gasteiger partial charge >= 0.3 is 0 Å². The van der Waals surface area contributed by atoms with Gasteiger partial charge in [-0.2, -0.15) is 5.10 Å². The van der Waals surface area contributed by atoms with Crippen LogP contribution in [0.4, 0.5) is 0 Å². The molecule has 0 spiro atoms. The van der Waals surface area contributed by atoms with Crippen LogP contribution in [0.2, 0.25) is 5.02 Å². The summed E-state index contributed by atoms with van der Waals surface area (Å²) in [6.45, 7) is 1.04. The Bertz CT molecular complexity index is 892. The monoisotopic (exact) mass is 382 g/mol. The first-order valence-corrected chi connectivity index (χ1v) is 9.18. The lowest BCUT2D eigenvalue weighted by atomic mass is 10.1. The quantitative estimate of drug-likeness (QED) is 0.679. The predicted molar refractivity (Wildman–Crippen MR) is 108 cm³/mol. The highest BCUT2D eigenvalue weighted by molar-refractivity contribution is 6.31. The number of hydrogen-bond donors (Lipinski definition) is 1. The topological polar surface area (TPSA) is 50.2 Å². The van der Waals surface area contributed by atoms with E-state index >= 15 is 0 Å². The summed E-state index contributed by atoms with van der Waals surface area (Å²) in [6.07, 6.45) is 3.32. The SMILES string of the molecule is CN(C)[C@@H](CNC(=O)c1cnn(Cc2ccccc2Cl)c1)c1ccccc1. The summed E-state index contributed by atoms with van der Waals surface area (Å²) in [4.78, 5) is 14.6. The number of carbonyl (C=O) groups is 1. The van der Waals surface area contributed by atoms with Gasteiger partial charge in [0, 0.05) is 17.8 Å². The first-order valence-electron chi connectivity index (χ1n) is 8.80. The normalized spacial score (nSPS) is 12.1. The smallest absolute Gasteiger partial charge is 0.254 e. The molecule has 0 fully saturated rings. The molecule has 0 aliphatic rings. The van der Waals surface area contributed by atoms with Crippen LogP contribution in [0, 0.1) is 0 Å². The molecule has 1 heterocycles. The number of hydrogen-bond acceptors (Lipinski definition) is 3. The molecule has 6 heteroatoms. The third-order valence-corrected chi connectivity index (χ3v) is 4.82. The molecule has 0 aliphatic carbocycles. The highest BCUT2D eigenvalue weighted by atomic mass is 35.5. The van der Waals surface area contributed by atoms with E-state index in [1.165, 1.54) is 0 Å². The molecule has 1 aromatic heterocycles. The van der Waals surface area contributed by atoms with Crippen LogP contribution < -0.4 is 5.32 Å². The summed E-state index contributed by atoms with van der Waals surface area (Å²) in [5.74, 6) is -0.136. The van der Waals surface area contributed by atoms with Gasteiger partial charge in [0.2, 0.25) is 0 Å². The van der Waals surface area contributed by atoms with Crippen molar-refractivity contribution >= 4 is 17.5 Å². The first-order chi connectivity index (χ1) is 13.0.